The first-order valence-electron chi connectivity index (χ1n) is 7.63. The van der Waals surface area contributed by atoms with E-state index in [1.165, 1.54) is 0 Å². The highest BCUT2D eigenvalue weighted by Gasteiger charge is 2.17. The van der Waals surface area contributed by atoms with Gasteiger partial charge in [-0.2, -0.15) is 0 Å². The van der Waals surface area contributed by atoms with E-state index in [9.17, 15) is 9.59 Å². The van der Waals surface area contributed by atoms with Crippen LogP contribution in [0.3, 0.4) is 0 Å². The third kappa shape index (κ3) is 2.57. The molecule has 0 atom stereocenters. The summed E-state index contributed by atoms with van der Waals surface area (Å²) < 4.78 is 7.02. The minimum Gasteiger partial charge on any atom is -0.423 e. The number of hydrogen-bond acceptors (Lipinski definition) is 4. The Bertz CT molecular complexity index is 1030. The molecule has 6 heteroatoms. The quantitative estimate of drug-likeness (QED) is 0.531. The summed E-state index contributed by atoms with van der Waals surface area (Å²) in [6.07, 6.45) is 1.70. The molecular weight excluding hydrogens is 328 g/mol. The molecule has 2 heterocycles. The Morgan fingerprint density at radius 2 is 2.08 bits per heavy atom. The minimum absolute atomic E-state index is 0.0535. The van der Waals surface area contributed by atoms with Crippen molar-refractivity contribution in [3.8, 4) is 5.75 Å². The predicted octanol–water partition coefficient (Wildman–Crippen LogP) is 3.22. The van der Waals surface area contributed by atoms with Crippen LogP contribution in [0.4, 0.5) is 0 Å². The highest BCUT2D eigenvalue weighted by molar-refractivity contribution is 6.30. The van der Waals surface area contributed by atoms with Gasteiger partial charge in [-0.1, -0.05) is 17.7 Å². The standard InChI is InChI=1S/C18H13ClN2O3/c19-12-3-1-4-13(10-12)24-18(23)11-6-7-14-15(9-11)20-16-5-2-8-21(16)17(14)22/h1,3-4,6-7,9-10H,2,5,8H2. The normalized spacial score (nSPS) is 13.0. The van der Waals surface area contributed by atoms with Crippen LogP contribution in [0.15, 0.2) is 47.3 Å². The molecule has 5 nitrogen and oxygen atoms in total. The Hall–Kier alpha value is -2.66. The molecular formula is C18H13ClN2O3. The molecule has 1 aromatic heterocycles. The smallest absolute Gasteiger partial charge is 0.343 e. The maximum atomic E-state index is 12.4. The molecule has 3 aromatic rings. The van der Waals surface area contributed by atoms with E-state index in [2.05, 4.69) is 4.98 Å². The number of halogens is 1. The average molecular weight is 341 g/mol. The maximum absolute atomic E-state index is 12.4. The van der Waals surface area contributed by atoms with Crippen molar-refractivity contribution in [2.75, 3.05) is 0 Å². The second kappa shape index (κ2) is 5.76. The molecule has 0 aliphatic carbocycles. The molecule has 0 saturated heterocycles. The molecule has 0 radical (unpaired) electrons. The first-order chi connectivity index (χ1) is 11.6. The summed E-state index contributed by atoms with van der Waals surface area (Å²) in [6, 6.07) is 11.4. The monoisotopic (exact) mass is 340 g/mol. The van der Waals surface area contributed by atoms with Crippen LogP contribution in [0.5, 0.6) is 5.75 Å². The fraction of sp³-hybridized carbons (Fsp3) is 0.167. The van der Waals surface area contributed by atoms with Gasteiger partial charge in [-0.05, 0) is 42.8 Å². The molecule has 1 aliphatic rings. The van der Waals surface area contributed by atoms with Crippen LogP contribution in [-0.2, 0) is 13.0 Å². The Balaban J connectivity index is 1.71. The van der Waals surface area contributed by atoms with Crippen LogP contribution in [0, 0.1) is 0 Å². The zero-order valence-electron chi connectivity index (χ0n) is 12.7. The van der Waals surface area contributed by atoms with Gasteiger partial charge in [0.05, 0.1) is 16.5 Å². The molecule has 0 spiro atoms. The van der Waals surface area contributed by atoms with Crippen molar-refractivity contribution < 1.29 is 9.53 Å². The number of esters is 1. The summed E-state index contributed by atoms with van der Waals surface area (Å²) in [5.41, 5.74) is 0.813. The Kier molecular flexibility index (Phi) is 3.58. The van der Waals surface area contributed by atoms with Gasteiger partial charge in [0.2, 0.25) is 0 Å². The molecule has 0 N–H and O–H groups in total. The van der Waals surface area contributed by atoms with Gasteiger partial charge in [-0.25, -0.2) is 9.78 Å². The van der Waals surface area contributed by atoms with E-state index in [1.807, 2.05) is 0 Å². The van der Waals surface area contributed by atoms with Gasteiger partial charge in [0.1, 0.15) is 11.6 Å². The molecule has 0 bridgehead atoms. The highest BCUT2D eigenvalue weighted by Crippen LogP contribution is 2.20. The minimum atomic E-state index is -0.512. The van der Waals surface area contributed by atoms with Crippen molar-refractivity contribution in [2.45, 2.75) is 19.4 Å². The van der Waals surface area contributed by atoms with Gasteiger partial charge in [-0.15, -0.1) is 0 Å². The molecule has 2 aromatic carbocycles. The number of rotatable bonds is 2. The van der Waals surface area contributed by atoms with Crippen molar-refractivity contribution >= 4 is 28.5 Å². The van der Waals surface area contributed by atoms with Gasteiger partial charge in [0.15, 0.2) is 0 Å². The topological polar surface area (TPSA) is 61.2 Å². The van der Waals surface area contributed by atoms with Crippen molar-refractivity contribution in [1.29, 1.82) is 0 Å². The maximum Gasteiger partial charge on any atom is 0.343 e. The van der Waals surface area contributed by atoms with Crippen molar-refractivity contribution in [3.05, 3.63) is 69.2 Å². The van der Waals surface area contributed by atoms with Crippen LogP contribution in [-0.4, -0.2) is 15.5 Å². The summed E-state index contributed by atoms with van der Waals surface area (Å²) in [5, 5.41) is 1.00. The van der Waals surface area contributed by atoms with Gasteiger partial charge < -0.3 is 4.74 Å². The van der Waals surface area contributed by atoms with E-state index in [0.717, 1.165) is 18.7 Å². The summed E-state index contributed by atoms with van der Waals surface area (Å²) in [5.74, 6) is 0.629. The van der Waals surface area contributed by atoms with Crippen molar-refractivity contribution in [3.63, 3.8) is 0 Å². The van der Waals surface area contributed by atoms with Gasteiger partial charge in [-0.3, -0.25) is 9.36 Å². The van der Waals surface area contributed by atoms with E-state index < -0.39 is 5.97 Å². The molecule has 0 fully saturated rings. The van der Waals surface area contributed by atoms with Gasteiger partial charge in [0.25, 0.3) is 5.56 Å². The summed E-state index contributed by atoms with van der Waals surface area (Å²) in [7, 11) is 0. The lowest BCUT2D eigenvalue weighted by Crippen LogP contribution is -2.21. The Morgan fingerprint density at radius 1 is 1.21 bits per heavy atom. The highest BCUT2D eigenvalue weighted by atomic mass is 35.5. The number of aromatic nitrogens is 2. The lowest BCUT2D eigenvalue weighted by Gasteiger charge is -2.07. The number of hydrogen-bond donors (Lipinski definition) is 0. The number of nitrogens with zero attached hydrogens (tertiary/aromatic N) is 2. The number of carbonyl (C=O) groups excluding carboxylic acids is 1. The number of benzene rings is 2. The van der Waals surface area contributed by atoms with Crippen LogP contribution in [0.1, 0.15) is 22.6 Å². The molecule has 4 rings (SSSR count). The average Bonchev–Trinajstić information content (AvgIpc) is 3.03. The second-order valence-electron chi connectivity index (χ2n) is 5.67. The van der Waals surface area contributed by atoms with Crippen LogP contribution in [0.2, 0.25) is 5.02 Å². The van der Waals surface area contributed by atoms with Crippen LogP contribution in [0.25, 0.3) is 10.9 Å². The van der Waals surface area contributed by atoms with Gasteiger partial charge in [0, 0.05) is 18.0 Å². The zero-order valence-corrected chi connectivity index (χ0v) is 13.4. The van der Waals surface area contributed by atoms with Crippen molar-refractivity contribution in [2.24, 2.45) is 0 Å². The number of carbonyl (C=O) groups is 1. The Morgan fingerprint density at radius 3 is 2.92 bits per heavy atom. The van der Waals surface area contributed by atoms with Crippen LogP contribution < -0.4 is 10.3 Å². The largest absolute Gasteiger partial charge is 0.423 e. The fourth-order valence-electron chi connectivity index (χ4n) is 2.91. The van der Waals surface area contributed by atoms with E-state index in [1.54, 1.807) is 47.0 Å². The second-order valence-corrected chi connectivity index (χ2v) is 6.10. The molecule has 0 unspecified atom stereocenters. The van der Waals surface area contributed by atoms with Crippen LogP contribution >= 0.6 is 11.6 Å². The van der Waals surface area contributed by atoms with E-state index in [0.29, 0.717) is 33.8 Å². The molecule has 24 heavy (non-hydrogen) atoms. The Labute approximate surface area is 142 Å². The third-order valence-electron chi connectivity index (χ3n) is 4.06. The van der Waals surface area contributed by atoms with Crippen molar-refractivity contribution in [1.82, 2.24) is 9.55 Å². The summed E-state index contributed by atoms with van der Waals surface area (Å²) >= 11 is 5.89. The molecule has 120 valence electrons. The van der Waals surface area contributed by atoms with Gasteiger partial charge >= 0.3 is 5.97 Å². The first-order valence-corrected chi connectivity index (χ1v) is 8.01. The zero-order chi connectivity index (χ0) is 16.7. The summed E-state index contributed by atoms with van der Waals surface area (Å²) in [4.78, 5) is 29.2. The molecule has 1 aliphatic heterocycles. The SMILES string of the molecule is O=C(Oc1cccc(Cl)c1)c1ccc2c(=O)n3c(nc2c1)CCC3. The fourth-order valence-corrected chi connectivity index (χ4v) is 3.09. The lowest BCUT2D eigenvalue weighted by molar-refractivity contribution is 0.0735. The van der Waals surface area contributed by atoms with E-state index in [-0.39, 0.29) is 5.56 Å². The molecule has 0 amide bonds. The number of aryl methyl sites for hydroxylation is 1. The molecule has 0 saturated carbocycles. The first kappa shape index (κ1) is 14.9. The van der Waals surface area contributed by atoms with E-state index in [4.69, 9.17) is 16.3 Å². The third-order valence-corrected chi connectivity index (χ3v) is 4.29. The number of fused-ring (bicyclic) bond motifs is 2. The summed E-state index contributed by atoms with van der Waals surface area (Å²) in [6.45, 7) is 0.704. The number of ether oxygens (including phenoxy) is 1. The van der Waals surface area contributed by atoms with E-state index >= 15 is 0 Å². The predicted molar refractivity (Wildman–Crippen MR) is 90.7 cm³/mol. The lowest BCUT2D eigenvalue weighted by atomic mass is 10.1.